The van der Waals surface area contributed by atoms with Crippen molar-refractivity contribution in [2.24, 2.45) is 0 Å². The second-order valence-corrected chi connectivity index (χ2v) is 10.2. The van der Waals surface area contributed by atoms with Gasteiger partial charge in [-0.05, 0) is 88.0 Å². The van der Waals surface area contributed by atoms with Crippen LogP contribution >= 0.6 is 0 Å². The zero-order valence-electron chi connectivity index (χ0n) is 20.5. The third-order valence-electron chi connectivity index (χ3n) is 8.32. The van der Waals surface area contributed by atoms with E-state index in [0.29, 0.717) is 12.1 Å². The highest BCUT2D eigenvalue weighted by molar-refractivity contribution is 5.75. The molecule has 2 aliphatic heterocycles. The first-order valence-corrected chi connectivity index (χ1v) is 12.1. The first-order valence-electron chi connectivity index (χ1n) is 12.1. The normalized spacial score (nSPS) is 24.3. The van der Waals surface area contributed by atoms with Crippen LogP contribution in [0.1, 0.15) is 52.0 Å². The van der Waals surface area contributed by atoms with Crippen LogP contribution in [0.4, 0.5) is 5.82 Å². The van der Waals surface area contributed by atoms with E-state index in [1.807, 2.05) is 16.9 Å². The highest BCUT2D eigenvalue weighted by Crippen LogP contribution is 2.43. The molecule has 0 saturated carbocycles. The van der Waals surface area contributed by atoms with E-state index in [4.69, 9.17) is 9.72 Å². The van der Waals surface area contributed by atoms with Gasteiger partial charge in [0, 0.05) is 42.6 Å². The lowest BCUT2D eigenvalue weighted by atomic mass is 9.94. The largest absolute Gasteiger partial charge is 0.472 e. The smallest absolute Gasteiger partial charge is 0.223 e. The standard InChI is InChI=1S/C27H35N5O/c1-6-26(2)12-13-27(3,31(26)5)14-17-30(4)24-11-10-23-22-9-8-21(32-16-7-15-28-32)18-20(22)19-33-25(23)29-24/h7-11,15-16,18H,6,12-14,17,19H2,1-5H3. The number of ether oxygens (including phenoxy) is 1. The summed E-state index contributed by atoms with van der Waals surface area (Å²) in [5.41, 5.74) is 4.99. The van der Waals surface area contributed by atoms with E-state index in [1.54, 1.807) is 6.20 Å². The third-order valence-corrected chi connectivity index (χ3v) is 8.32. The molecule has 2 aromatic heterocycles. The number of nitrogens with zero attached hydrogens (tertiary/aromatic N) is 5. The molecule has 0 aliphatic carbocycles. The van der Waals surface area contributed by atoms with Crippen LogP contribution in [0.25, 0.3) is 16.8 Å². The minimum Gasteiger partial charge on any atom is -0.472 e. The minimum absolute atomic E-state index is 0.231. The number of rotatable bonds is 6. The summed E-state index contributed by atoms with van der Waals surface area (Å²) < 4.78 is 7.97. The minimum atomic E-state index is 0.231. The summed E-state index contributed by atoms with van der Waals surface area (Å²) in [6.45, 7) is 8.62. The third kappa shape index (κ3) is 3.80. The van der Waals surface area contributed by atoms with Gasteiger partial charge in [0.15, 0.2) is 0 Å². The quantitative estimate of drug-likeness (QED) is 0.515. The van der Waals surface area contributed by atoms with Crippen LogP contribution in [-0.2, 0) is 6.61 Å². The molecule has 174 valence electrons. The number of hydrogen-bond donors (Lipinski definition) is 0. The van der Waals surface area contributed by atoms with Gasteiger partial charge in [0.1, 0.15) is 12.4 Å². The molecule has 5 rings (SSSR count). The zero-order chi connectivity index (χ0) is 23.2. The average Bonchev–Trinajstić information content (AvgIpc) is 3.46. The molecule has 3 aromatic rings. The Morgan fingerprint density at radius 2 is 1.88 bits per heavy atom. The van der Waals surface area contributed by atoms with Crippen LogP contribution in [0.15, 0.2) is 48.8 Å². The van der Waals surface area contributed by atoms with Gasteiger partial charge in [-0.25, -0.2) is 4.68 Å². The van der Waals surface area contributed by atoms with Gasteiger partial charge in [-0.2, -0.15) is 10.1 Å². The number of hydrogen-bond acceptors (Lipinski definition) is 5. The molecule has 0 bridgehead atoms. The Bertz CT molecular complexity index is 1140. The highest BCUT2D eigenvalue weighted by Gasteiger charge is 2.46. The molecule has 2 atom stereocenters. The molecule has 0 radical (unpaired) electrons. The van der Waals surface area contributed by atoms with Crippen molar-refractivity contribution in [1.82, 2.24) is 19.7 Å². The summed E-state index contributed by atoms with van der Waals surface area (Å²) in [4.78, 5) is 9.77. The molecular weight excluding hydrogens is 410 g/mol. The lowest BCUT2D eigenvalue weighted by Crippen LogP contribution is -2.49. The van der Waals surface area contributed by atoms with Crippen molar-refractivity contribution in [3.05, 3.63) is 54.4 Å². The van der Waals surface area contributed by atoms with Gasteiger partial charge >= 0.3 is 0 Å². The van der Waals surface area contributed by atoms with Crippen LogP contribution in [0.3, 0.4) is 0 Å². The van der Waals surface area contributed by atoms with E-state index in [9.17, 15) is 0 Å². The van der Waals surface area contributed by atoms with E-state index < -0.39 is 0 Å². The van der Waals surface area contributed by atoms with E-state index in [0.717, 1.165) is 41.5 Å². The fourth-order valence-corrected chi connectivity index (χ4v) is 5.39. The average molecular weight is 446 g/mol. The van der Waals surface area contributed by atoms with Crippen LogP contribution in [0.2, 0.25) is 0 Å². The van der Waals surface area contributed by atoms with Crippen molar-refractivity contribution < 1.29 is 4.74 Å². The van der Waals surface area contributed by atoms with Crippen molar-refractivity contribution >= 4 is 5.82 Å². The maximum absolute atomic E-state index is 6.09. The molecule has 0 spiro atoms. The molecular formula is C27H35N5O. The second kappa shape index (κ2) is 8.17. The number of likely N-dealkylation sites (tertiary alicyclic amines) is 1. The molecule has 1 saturated heterocycles. The first kappa shape index (κ1) is 22.0. The summed E-state index contributed by atoms with van der Waals surface area (Å²) in [5.74, 6) is 1.69. The Hall–Kier alpha value is -2.86. The molecule has 1 fully saturated rings. The SMILES string of the molecule is CCC1(C)CCC(C)(CCN(C)c2ccc3c(n2)OCc2cc(-n4cccn4)ccc2-3)N1C. The van der Waals surface area contributed by atoms with Gasteiger partial charge in [-0.15, -0.1) is 0 Å². The zero-order valence-corrected chi connectivity index (χ0v) is 20.5. The molecule has 6 heteroatoms. The summed E-state index contributed by atoms with van der Waals surface area (Å²) in [6.07, 6.45) is 8.58. The van der Waals surface area contributed by atoms with Gasteiger partial charge in [-0.3, -0.25) is 4.90 Å². The predicted octanol–water partition coefficient (Wildman–Crippen LogP) is 5.31. The van der Waals surface area contributed by atoms with Crippen molar-refractivity contribution in [3.8, 4) is 22.7 Å². The van der Waals surface area contributed by atoms with Crippen LogP contribution in [-0.4, -0.2) is 51.4 Å². The summed E-state index contributed by atoms with van der Waals surface area (Å²) in [6, 6.07) is 12.6. The maximum atomic E-state index is 6.09. The van der Waals surface area contributed by atoms with E-state index in [-0.39, 0.29) is 5.54 Å². The van der Waals surface area contributed by atoms with E-state index in [2.05, 4.69) is 80.1 Å². The summed E-state index contributed by atoms with van der Waals surface area (Å²) in [5, 5.41) is 4.33. The number of fused-ring (bicyclic) bond motifs is 3. The summed E-state index contributed by atoms with van der Waals surface area (Å²) >= 11 is 0. The van der Waals surface area contributed by atoms with E-state index >= 15 is 0 Å². The molecule has 6 nitrogen and oxygen atoms in total. The number of anilines is 1. The highest BCUT2D eigenvalue weighted by atomic mass is 16.5. The topological polar surface area (TPSA) is 46.4 Å². The van der Waals surface area contributed by atoms with Crippen LogP contribution in [0.5, 0.6) is 5.88 Å². The molecule has 0 amide bonds. The van der Waals surface area contributed by atoms with Crippen molar-refractivity contribution in [1.29, 1.82) is 0 Å². The maximum Gasteiger partial charge on any atom is 0.223 e. The first-order chi connectivity index (χ1) is 15.8. The lowest BCUT2D eigenvalue weighted by Gasteiger charge is -2.41. The molecule has 4 heterocycles. The monoisotopic (exact) mass is 445 g/mol. The lowest BCUT2D eigenvalue weighted by molar-refractivity contribution is 0.0811. The Morgan fingerprint density at radius 3 is 2.61 bits per heavy atom. The van der Waals surface area contributed by atoms with E-state index in [1.165, 1.54) is 24.8 Å². The number of pyridine rings is 1. The van der Waals surface area contributed by atoms with Gasteiger partial charge in [0.25, 0.3) is 0 Å². The molecule has 2 unspecified atom stereocenters. The van der Waals surface area contributed by atoms with Gasteiger partial charge in [-0.1, -0.05) is 13.0 Å². The number of benzene rings is 1. The van der Waals surface area contributed by atoms with Gasteiger partial charge in [0.05, 0.1) is 5.69 Å². The summed E-state index contributed by atoms with van der Waals surface area (Å²) in [7, 11) is 4.44. The Morgan fingerprint density at radius 1 is 1.09 bits per heavy atom. The molecule has 33 heavy (non-hydrogen) atoms. The van der Waals surface area contributed by atoms with Gasteiger partial charge in [0.2, 0.25) is 5.88 Å². The molecule has 0 N–H and O–H groups in total. The Labute approximate surface area is 197 Å². The van der Waals surface area contributed by atoms with Crippen molar-refractivity contribution in [2.45, 2.75) is 64.1 Å². The predicted molar refractivity (Wildman–Crippen MR) is 133 cm³/mol. The van der Waals surface area contributed by atoms with Crippen molar-refractivity contribution in [3.63, 3.8) is 0 Å². The molecule has 2 aliphatic rings. The van der Waals surface area contributed by atoms with Crippen LogP contribution < -0.4 is 9.64 Å². The fourth-order valence-electron chi connectivity index (χ4n) is 5.39. The van der Waals surface area contributed by atoms with Gasteiger partial charge < -0.3 is 9.64 Å². The van der Waals surface area contributed by atoms with Crippen molar-refractivity contribution in [2.75, 3.05) is 25.5 Å². The van der Waals surface area contributed by atoms with Crippen LogP contribution in [0, 0.1) is 0 Å². The Balaban J connectivity index is 1.31. The molecule has 1 aromatic carbocycles. The number of aromatic nitrogens is 3. The Kier molecular flexibility index (Phi) is 5.44. The fraction of sp³-hybridized carbons (Fsp3) is 0.481. The second-order valence-electron chi connectivity index (χ2n) is 10.2.